The van der Waals surface area contributed by atoms with Crippen LogP contribution in [0.2, 0.25) is 5.15 Å². The SMILES string of the molecule is CC1CCN(C(=O)c2cc(F)cnc2Cl)C(C(=O)O)C1. The van der Waals surface area contributed by atoms with E-state index in [1.165, 1.54) is 4.90 Å². The molecular weight excluding hydrogens is 287 g/mol. The molecule has 1 fully saturated rings. The Labute approximate surface area is 120 Å². The lowest BCUT2D eigenvalue weighted by Gasteiger charge is -2.36. The molecular formula is C13H14ClFN2O3. The normalized spacial score (nSPS) is 22.6. The summed E-state index contributed by atoms with van der Waals surface area (Å²) in [6.07, 6.45) is 1.99. The van der Waals surface area contributed by atoms with Gasteiger partial charge >= 0.3 is 5.97 Å². The van der Waals surface area contributed by atoms with Crippen LogP contribution in [0.5, 0.6) is 0 Å². The number of nitrogens with zero attached hydrogens (tertiary/aromatic N) is 2. The van der Waals surface area contributed by atoms with Crippen molar-refractivity contribution in [2.75, 3.05) is 6.54 Å². The van der Waals surface area contributed by atoms with Gasteiger partial charge in [0, 0.05) is 6.54 Å². The average molecular weight is 301 g/mol. The smallest absolute Gasteiger partial charge is 0.326 e. The van der Waals surface area contributed by atoms with Gasteiger partial charge in [0.1, 0.15) is 17.0 Å². The molecule has 0 saturated carbocycles. The van der Waals surface area contributed by atoms with Gasteiger partial charge in [-0.15, -0.1) is 0 Å². The third kappa shape index (κ3) is 2.90. The molecule has 1 N–H and O–H groups in total. The fourth-order valence-electron chi connectivity index (χ4n) is 2.35. The molecule has 2 atom stereocenters. The first kappa shape index (κ1) is 14.7. The molecule has 2 rings (SSSR count). The highest BCUT2D eigenvalue weighted by Gasteiger charge is 2.36. The number of halogens is 2. The molecule has 1 aromatic heterocycles. The van der Waals surface area contributed by atoms with Gasteiger partial charge in [-0.3, -0.25) is 4.79 Å². The highest BCUT2D eigenvalue weighted by molar-refractivity contribution is 6.32. The van der Waals surface area contributed by atoms with E-state index in [-0.39, 0.29) is 16.6 Å². The van der Waals surface area contributed by atoms with Gasteiger partial charge < -0.3 is 10.0 Å². The van der Waals surface area contributed by atoms with E-state index in [1.807, 2.05) is 6.92 Å². The van der Waals surface area contributed by atoms with E-state index in [0.717, 1.165) is 12.3 Å². The van der Waals surface area contributed by atoms with Crippen LogP contribution in [0, 0.1) is 11.7 Å². The maximum Gasteiger partial charge on any atom is 0.326 e. The Balaban J connectivity index is 2.31. The molecule has 20 heavy (non-hydrogen) atoms. The van der Waals surface area contributed by atoms with E-state index in [2.05, 4.69) is 4.98 Å². The molecule has 5 nitrogen and oxygen atoms in total. The molecule has 1 aliphatic heterocycles. The van der Waals surface area contributed by atoms with Crippen LogP contribution in [-0.2, 0) is 4.79 Å². The summed E-state index contributed by atoms with van der Waals surface area (Å²) < 4.78 is 13.2. The van der Waals surface area contributed by atoms with Crippen LogP contribution in [0.3, 0.4) is 0 Å². The first-order valence-corrected chi connectivity index (χ1v) is 6.62. The lowest BCUT2D eigenvalue weighted by atomic mass is 9.92. The molecule has 0 spiro atoms. The Hall–Kier alpha value is -1.69. The number of rotatable bonds is 2. The number of amides is 1. The van der Waals surface area contributed by atoms with Gasteiger partial charge in [-0.05, 0) is 24.8 Å². The number of aliphatic carboxylic acids is 1. The molecule has 0 radical (unpaired) electrons. The standard InChI is InChI=1S/C13H14ClFN2O3/c1-7-2-3-17(10(4-7)13(19)20)12(18)9-5-8(15)6-16-11(9)14/h5-7,10H,2-4H2,1H3,(H,19,20). The lowest BCUT2D eigenvalue weighted by Crippen LogP contribution is -2.49. The fourth-order valence-corrected chi connectivity index (χ4v) is 2.53. The van der Waals surface area contributed by atoms with Crippen LogP contribution in [0.1, 0.15) is 30.1 Å². The maximum atomic E-state index is 13.2. The third-order valence-corrected chi connectivity index (χ3v) is 3.75. The number of carboxylic acids is 1. The minimum absolute atomic E-state index is 0.104. The molecule has 1 aromatic rings. The molecule has 0 bridgehead atoms. The number of aromatic nitrogens is 1. The van der Waals surface area contributed by atoms with Gasteiger partial charge in [-0.2, -0.15) is 0 Å². The van der Waals surface area contributed by atoms with Gasteiger partial charge in [-0.1, -0.05) is 18.5 Å². The van der Waals surface area contributed by atoms with Crippen molar-refractivity contribution in [1.29, 1.82) is 0 Å². The summed E-state index contributed by atoms with van der Waals surface area (Å²) in [7, 11) is 0. The van der Waals surface area contributed by atoms with E-state index >= 15 is 0 Å². The summed E-state index contributed by atoms with van der Waals surface area (Å²) in [6.45, 7) is 2.25. The second-order valence-electron chi connectivity index (χ2n) is 4.97. The number of hydrogen-bond donors (Lipinski definition) is 1. The lowest BCUT2D eigenvalue weighted by molar-refractivity contribution is -0.144. The minimum Gasteiger partial charge on any atom is -0.480 e. The summed E-state index contributed by atoms with van der Waals surface area (Å²) in [6, 6.07) is 0.0693. The van der Waals surface area contributed by atoms with Crippen molar-refractivity contribution in [2.24, 2.45) is 5.92 Å². The summed E-state index contributed by atoms with van der Waals surface area (Å²) in [5, 5.41) is 9.10. The van der Waals surface area contributed by atoms with Crippen LogP contribution >= 0.6 is 11.6 Å². The number of hydrogen-bond acceptors (Lipinski definition) is 3. The van der Waals surface area contributed by atoms with E-state index in [4.69, 9.17) is 11.6 Å². The quantitative estimate of drug-likeness (QED) is 0.850. The van der Waals surface area contributed by atoms with Crippen LogP contribution in [0.25, 0.3) is 0 Å². The first-order chi connectivity index (χ1) is 9.40. The number of likely N-dealkylation sites (tertiary alicyclic amines) is 1. The van der Waals surface area contributed by atoms with E-state index in [1.54, 1.807) is 0 Å². The molecule has 2 heterocycles. The number of carboxylic acid groups (broad SMARTS) is 1. The Morgan fingerprint density at radius 1 is 1.55 bits per heavy atom. The first-order valence-electron chi connectivity index (χ1n) is 6.25. The molecule has 1 aliphatic rings. The summed E-state index contributed by atoms with van der Waals surface area (Å²) in [5.74, 6) is -2.12. The molecule has 0 aliphatic carbocycles. The zero-order valence-corrected chi connectivity index (χ0v) is 11.6. The highest BCUT2D eigenvalue weighted by Crippen LogP contribution is 2.26. The zero-order valence-electron chi connectivity index (χ0n) is 10.8. The second-order valence-corrected chi connectivity index (χ2v) is 5.33. The largest absolute Gasteiger partial charge is 0.480 e. The van der Waals surface area contributed by atoms with Crippen molar-refractivity contribution in [3.05, 3.63) is 28.8 Å². The van der Waals surface area contributed by atoms with Crippen LogP contribution in [0.15, 0.2) is 12.3 Å². The van der Waals surface area contributed by atoms with E-state index < -0.39 is 23.7 Å². The summed E-state index contributed by atoms with van der Waals surface area (Å²) in [5.41, 5.74) is -0.104. The monoisotopic (exact) mass is 300 g/mol. The van der Waals surface area contributed by atoms with Crippen molar-refractivity contribution in [2.45, 2.75) is 25.8 Å². The Bertz CT molecular complexity index is 552. The van der Waals surface area contributed by atoms with E-state index in [0.29, 0.717) is 19.4 Å². The second kappa shape index (κ2) is 5.75. The Kier molecular flexibility index (Phi) is 4.23. The van der Waals surface area contributed by atoms with Gasteiger partial charge in [0.15, 0.2) is 0 Å². The highest BCUT2D eigenvalue weighted by atomic mass is 35.5. The Morgan fingerprint density at radius 3 is 2.90 bits per heavy atom. The van der Waals surface area contributed by atoms with Crippen molar-refractivity contribution in [3.8, 4) is 0 Å². The number of piperidine rings is 1. The molecule has 7 heteroatoms. The number of pyridine rings is 1. The summed E-state index contributed by atoms with van der Waals surface area (Å²) >= 11 is 5.79. The number of carbonyl (C=O) groups is 2. The van der Waals surface area contributed by atoms with Gasteiger partial charge in [0.2, 0.25) is 0 Å². The fraction of sp³-hybridized carbons (Fsp3) is 0.462. The molecule has 108 valence electrons. The zero-order chi connectivity index (χ0) is 14.9. The molecule has 1 saturated heterocycles. The maximum absolute atomic E-state index is 13.2. The van der Waals surface area contributed by atoms with Gasteiger partial charge in [0.25, 0.3) is 5.91 Å². The topological polar surface area (TPSA) is 70.5 Å². The third-order valence-electron chi connectivity index (χ3n) is 3.45. The van der Waals surface area contributed by atoms with E-state index in [9.17, 15) is 19.1 Å². The van der Waals surface area contributed by atoms with Crippen LogP contribution in [0.4, 0.5) is 4.39 Å². The van der Waals surface area contributed by atoms with Crippen molar-refractivity contribution in [3.63, 3.8) is 0 Å². The summed E-state index contributed by atoms with van der Waals surface area (Å²) in [4.78, 5) is 28.4. The number of carbonyl (C=O) groups excluding carboxylic acids is 1. The molecule has 1 amide bonds. The predicted molar refractivity (Wildman–Crippen MR) is 70.1 cm³/mol. The molecule has 2 unspecified atom stereocenters. The predicted octanol–water partition coefficient (Wildman–Crippen LogP) is 2.20. The van der Waals surface area contributed by atoms with Crippen LogP contribution in [-0.4, -0.2) is 39.5 Å². The van der Waals surface area contributed by atoms with Crippen LogP contribution < -0.4 is 0 Å². The minimum atomic E-state index is -1.06. The van der Waals surface area contributed by atoms with Crippen molar-refractivity contribution < 1.29 is 19.1 Å². The van der Waals surface area contributed by atoms with Crippen molar-refractivity contribution in [1.82, 2.24) is 9.88 Å². The van der Waals surface area contributed by atoms with Gasteiger partial charge in [0.05, 0.1) is 11.8 Å². The van der Waals surface area contributed by atoms with Gasteiger partial charge in [-0.25, -0.2) is 14.2 Å². The molecule has 0 aromatic carbocycles. The van der Waals surface area contributed by atoms with Crippen molar-refractivity contribution >= 4 is 23.5 Å². The Morgan fingerprint density at radius 2 is 2.25 bits per heavy atom. The average Bonchev–Trinajstić information content (AvgIpc) is 2.40.